The van der Waals surface area contributed by atoms with Gasteiger partial charge in [0.1, 0.15) is 5.82 Å². The van der Waals surface area contributed by atoms with Crippen molar-refractivity contribution in [3.8, 4) is 0 Å². The number of anilines is 1. The van der Waals surface area contributed by atoms with Crippen LogP contribution in [0.15, 0.2) is 18.3 Å². The van der Waals surface area contributed by atoms with Crippen molar-refractivity contribution in [2.75, 3.05) is 39.1 Å². The number of hydrogen-bond donors (Lipinski definition) is 1. The topological polar surface area (TPSA) is 39.6 Å². The summed E-state index contributed by atoms with van der Waals surface area (Å²) in [4.78, 5) is 8.57. The highest BCUT2D eigenvalue weighted by Crippen LogP contribution is 2.11. The quantitative estimate of drug-likeness (QED) is 0.780. The maximum absolute atomic E-state index is 9.04. The van der Waals surface area contributed by atoms with Gasteiger partial charge in [-0.2, -0.15) is 0 Å². The summed E-state index contributed by atoms with van der Waals surface area (Å²) in [5.41, 5.74) is 0.907. The van der Waals surface area contributed by atoms with Crippen LogP contribution in [-0.2, 0) is 6.61 Å². The minimum atomic E-state index is 0.0705. The molecule has 1 N–H and O–H groups in total. The molecule has 0 spiro atoms. The molecule has 0 atom stereocenters. The van der Waals surface area contributed by atoms with Crippen LogP contribution in [-0.4, -0.2) is 49.2 Å². The van der Waals surface area contributed by atoms with Crippen LogP contribution < -0.4 is 4.90 Å². The number of aliphatic hydroxyl groups is 1. The molecule has 0 aliphatic heterocycles. The molecular formula is C12H21N3O. The first-order valence-electron chi connectivity index (χ1n) is 5.55. The van der Waals surface area contributed by atoms with Gasteiger partial charge >= 0.3 is 0 Å². The van der Waals surface area contributed by atoms with Crippen molar-refractivity contribution in [1.82, 2.24) is 9.88 Å². The van der Waals surface area contributed by atoms with Crippen LogP contribution in [0.2, 0.25) is 0 Å². The first kappa shape index (κ1) is 12.9. The predicted molar refractivity (Wildman–Crippen MR) is 66.6 cm³/mol. The second-order valence-electron chi connectivity index (χ2n) is 4.26. The lowest BCUT2D eigenvalue weighted by Crippen LogP contribution is -2.24. The number of nitrogens with zero attached hydrogens (tertiary/aromatic N) is 3. The second-order valence-corrected chi connectivity index (χ2v) is 4.26. The third kappa shape index (κ3) is 4.16. The molecule has 0 fully saturated rings. The van der Waals surface area contributed by atoms with Gasteiger partial charge in [0, 0.05) is 19.8 Å². The Kier molecular flexibility index (Phi) is 5.22. The molecule has 0 amide bonds. The largest absolute Gasteiger partial charge is 0.392 e. The van der Waals surface area contributed by atoms with Gasteiger partial charge in [-0.1, -0.05) is 0 Å². The Labute approximate surface area is 97.5 Å². The average molecular weight is 223 g/mol. The van der Waals surface area contributed by atoms with Crippen molar-refractivity contribution in [1.29, 1.82) is 0 Å². The number of rotatable bonds is 6. The molecule has 16 heavy (non-hydrogen) atoms. The van der Waals surface area contributed by atoms with Crippen LogP contribution in [0.4, 0.5) is 5.82 Å². The molecule has 4 heteroatoms. The van der Waals surface area contributed by atoms with Crippen molar-refractivity contribution >= 4 is 5.82 Å². The maximum Gasteiger partial charge on any atom is 0.128 e. The van der Waals surface area contributed by atoms with Gasteiger partial charge in [-0.25, -0.2) is 4.98 Å². The first-order valence-corrected chi connectivity index (χ1v) is 5.55. The minimum absolute atomic E-state index is 0.0705. The van der Waals surface area contributed by atoms with Crippen LogP contribution in [0, 0.1) is 0 Å². The van der Waals surface area contributed by atoms with E-state index in [0.717, 1.165) is 30.9 Å². The standard InChI is InChI=1S/C12H21N3O/c1-14(2)7-4-8-15(3)12-9-11(10-16)5-6-13-12/h5-6,9,16H,4,7-8,10H2,1-3H3. The van der Waals surface area contributed by atoms with Crippen LogP contribution in [0.3, 0.4) is 0 Å². The molecule has 0 saturated heterocycles. The molecule has 0 aromatic carbocycles. The zero-order chi connectivity index (χ0) is 12.0. The molecule has 1 heterocycles. The Balaban J connectivity index is 2.48. The highest BCUT2D eigenvalue weighted by molar-refractivity contribution is 5.39. The van der Waals surface area contributed by atoms with E-state index in [1.807, 2.05) is 19.2 Å². The lowest BCUT2D eigenvalue weighted by atomic mass is 10.2. The highest BCUT2D eigenvalue weighted by atomic mass is 16.3. The Morgan fingerprint density at radius 3 is 2.62 bits per heavy atom. The Morgan fingerprint density at radius 1 is 1.25 bits per heavy atom. The molecule has 0 aliphatic carbocycles. The highest BCUT2D eigenvalue weighted by Gasteiger charge is 2.03. The Morgan fingerprint density at radius 2 is 2.00 bits per heavy atom. The summed E-state index contributed by atoms with van der Waals surface area (Å²) in [6.07, 6.45) is 2.85. The van der Waals surface area contributed by atoms with E-state index in [2.05, 4.69) is 28.9 Å². The summed E-state index contributed by atoms with van der Waals surface area (Å²) in [6.45, 7) is 2.12. The Hall–Kier alpha value is -1.13. The van der Waals surface area contributed by atoms with Crippen LogP contribution in [0.5, 0.6) is 0 Å². The van der Waals surface area contributed by atoms with E-state index in [9.17, 15) is 0 Å². The summed E-state index contributed by atoms with van der Waals surface area (Å²) in [5.74, 6) is 0.922. The molecule has 1 aromatic heterocycles. The van der Waals surface area contributed by atoms with Gasteiger partial charge in [-0.05, 0) is 44.8 Å². The van der Waals surface area contributed by atoms with Gasteiger partial charge in [-0.3, -0.25) is 0 Å². The number of aromatic nitrogens is 1. The third-order valence-corrected chi connectivity index (χ3v) is 2.48. The SMILES string of the molecule is CN(C)CCCN(C)c1cc(CO)ccn1. The lowest BCUT2D eigenvalue weighted by molar-refractivity contribution is 0.281. The van der Waals surface area contributed by atoms with Gasteiger partial charge in [0.05, 0.1) is 6.61 Å². The fraction of sp³-hybridized carbons (Fsp3) is 0.583. The first-order chi connectivity index (χ1) is 7.63. The number of aliphatic hydroxyl groups excluding tert-OH is 1. The molecule has 0 aliphatic rings. The fourth-order valence-electron chi connectivity index (χ4n) is 1.51. The monoisotopic (exact) mass is 223 g/mol. The van der Waals surface area contributed by atoms with Crippen molar-refractivity contribution in [3.63, 3.8) is 0 Å². The molecule has 1 rings (SSSR count). The number of pyridine rings is 1. The van der Waals surface area contributed by atoms with E-state index in [1.165, 1.54) is 0 Å². The molecule has 4 nitrogen and oxygen atoms in total. The van der Waals surface area contributed by atoms with Crippen LogP contribution >= 0.6 is 0 Å². The summed E-state index contributed by atoms with van der Waals surface area (Å²) in [6, 6.07) is 3.76. The zero-order valence-electron chi connectivity index (χ0n) is 10.3. The summed E-state index contributed by atoms with van der Waals surface area (Å²) in [5, 5.41) is 9.04. The molecule has 0 saturated carbocycles. The zero-order valence-corrected chi connectivity index (χ0v) is 10.3. The van der Waals surface area contributed by atoms with Gasteiger partial charge in [0.2, 0.25) is 0 Å². The van der Waals surface area contributed by atoms with E-state index in [4.69, 9.17) is 5.11 Å². The van der Waals surface area contributed by atoms with Gasteiger partial charge < -0.3 is 14.9 Å². The van der Waals surface area contributed by atoms with Gasteiger partial charge in [0.15, 0.2) is 0 Å². The minimum Gasteiger partial charge on any atom is -0.392 e. The predicted octanol–water partition coefficient (Wildman–Crippen LogP) is 0.962. The van der Waals surface area contributed by atoms with E-state index < -0.39 is 0 Å². The van der Waals surface area contributed by atoms with Crippen LogP contribution in [0.1, 0.15) is 12.0 Å². The van der Waals surface area contributed by atoms with Crippen molar-refractivity contribution in [2.45, 2.75) is 13.0 Å². The van der Waals surface area contributed by atoms with E-state index in [-0.39, 0.29) is 6.61 Å². The van der Waals surface area contributed by atoms with E-state index >= 15 is 0 Å². The molecule has 90 valence electrons. The van der Waals surface area contributed by atoms with Gasteiger partial charge in [0.25, 0.3) is 0 Å². The lowest BCUT2D eigenvalue weighted by Gasteiger charge is -2.19. The third-order valence-electron chi connectivity index (χ3n) is 2.48. The summed E-state index contributed by atoms with van der Waals surface area (Å²) >= 11 is 0. The molecular weight excluding hydrogens is 202 g/mol. The number of hydrogen-bond acceptors (Lipinski definition) is 4. The Bertz CT molecular complexity index is 315. The summed E-state index contributed by atoms with van der Waals surface area (Å²) in [7, 11) is 6.18. The van der Waals surface area contributed by atoms with Crippen molar-refractivity contribution in [3.05, 3.63) is 23.9 Å². The average Bonchev–Trinajstić information content (AvgIpc) is 2.28. The molecule has 0 unspecified atom stereocenters. The molecule has 0 bridgehead atoms. The normalized spacial score (nSPS) is 10.8. The van der Waals surface area contributed by atoms with Crippen molar-refractivity contribution < 1.29 is 5.11 Å². The van der Waals surface area contributed by atoms with E-state index in [1.54, 1.807) is 6.20 Å². The van der Waals surface area contributed by atoms with Crippen molar-refractivity contribution in [2.24, 2.45) is 0 Å². The summed E-state index contributed by atoms with van der Waals surface area (Å²) < 4.78 is 0. The molecule has 1 aromatic rings. The van der Waals surface area contributed by atoms with Crippen LogP contribution in [0.25, 0.3) is 0 Å². The smallest absolute Gasteiger partial charge is 0.128 e. The van der Waals surface area contributed by atoms with E-state index in [0.29, 0.717) is 0 Å². The van der Waals surface area contributed by atoms with Gasteiger partial charge in [-0.15, -0.1) is 0 Å². The fourth-order valence-corrected chi connectivity index (χ4v) is 1.51. The molecule has 0 radical (unpaired) electrons. The maximum atomic E-state index is 9.04. The second kappa shape index (κ2) is 6.45.